The van der Waals surface area contributed by atoms with E-state index in [1.54, 1.807) is 12.4 Å². The Morgan fingerprint density at radius 3 is 2.24 bits per heavy atom. The number of aliphatic hydroxyl groups excluding tert-OH is 1. The highest BCUT2D eigenvalue weighted by Gasteiger charge is 2.28. The van der Waals surface area contributed by atoms with Gasteiger partial charge in [0.05, 0.1) is 44.6 Å². The molecule has 2 aromatic carbocycles. The molecule has 1 atom stereocenters. The number of hydrogen-bond acceptors (Lipinski definition) is 4. The highest BCUT2D eigenvalue weighted by molar-refractivity contribution is 6.09. The predicted octanol–water partition coefficient (Wildman–Crippen LogP) is 6.06. The smallest absolute Gasteiger partial charge is 0.253 e. The van der Waals surface area contributed by atoms with Gasteiger partial charge in [0.1, 0.15) is 5.69 Å². The van der Waals surface area contributed by atoms with Gasteiger partial charge in [0, 0.05) is 29.4 Å². The van der Waals surface area contributed by atoms with Crippen LogP contribution < -0.4 is 4.90 Å². The molecule has 7 rings (SSSR count). The van der Waals surface area contributed by atoms with Crippen LogP contribution in [0.4, 0.5) is 5.69 Å². The first-order valence-electron chi connectivity index (χ1n) is 13.3. The van der Waals surface area contributed by atoms with Crippen LogP contribution in [-0.4, -0.2) is 36.3 Å². The van der Waals surface area contributed by atoms with Crippen molar-refractivity contribution in [3.63, 3.8) is 0 Å². The number of benzene rings is 2. The van der Waals surface area contributed by atoms with Gasteiger partial charge < -0.3 is 14.2 Å². The molecule has 0 aliphatic carbocycles. The first-order valence-corrected chi connectivity index (χ1v) is 13.3. The Morgan fingerprint density at radius 2 is 1.56 bits per heavy atom. The number of carbonyl (C=O) groups excluding carboxylic acids is 1. The van der Waals surface area contributed by atoms with Gasteiger partial charge in [-0.3, -0.25) is 19.7 Å². The summed E-state index contributed by atoms with van der Waals surface area (Å²) in [7, 11) is 0. The summed E-state index contributed by atoms with van der Waals surface area (Å²) in [4.78, 5) is 23.7. The van der Waals surface area contributed by atoms with Crippen LogP contribution in [0.15, 0.2) is 91.3 Å². The minimum Gasteiger partial charge on any atom is -0.369 e. The summed E-state index contributed by atoms with van der Waals surface area (Å²) in [6.07, 6.45) is 15.4. The van der Waals surface area contributed by atoms with Gasteiger partial charge in [0.25, 0.3) is 5.91 Å². The number of allylic oxidation sites excluding steroid dienone is 1. The summed E-state index contributed by atoms with van der Waals surface area (Å²) < 4.78 is 4.13. The fourth-order valence-corrected chi connectivity index (χ4v) is 5.92. The number of anilines is 1. The first kappa shape index (κ1) is 24.6. The lowest BCUT2D eigenvalue weighted by molar-refractivity contribution is -0.114. The SMILES string of the molecule is C#Cc1c(/C=C\C)c2ncccc2n1-c1cc(N2C(=O)C=CC2O)cc(-n2c3cccnc3c3c(C)cccc32)c1. The Bertz CT molecular complexity index is 2140. The number of rotatable bonds is 4. The molecule has 7 nitrogen and oxygen atoms in total. The molecule has 5 heterocycles. The zero-order valence-electron chi connectivity index (χ0n) is 22.5. The third kappa shape index (κ3) is 3.62. The molecule has 6 aromatic rings. The molecule has 0 spiro atoms. The highest BCUT2D eigenvalue weighted by atomic mass is 16.3. The Morgan fingerprint density at radius 1 is 0.902 bits per heavy atom. The number of aliphatic hydroxyl groups is 1. The van der Waals surface area contributed by atoms with Gasteiger partial charge in [-0.1, -0.05) is 30.2 Å². The molecule has 0 fully saturated rings. The molecule has 41 heavy (non-hydrogen) atoms. The molecule has 1 N–H and O–H groups in total. The van der Waals surface area contributed by atoms with Crippen LogP contribution in [0.1, 0.15) is 23.7 Å². The monoisotopic (exact) mass is 535 g/mol. The Hall–Kier alpha value is -5.45. The summed E-state index contributed by atoms with van der Waals surface area (Å²) in [5, 5.41) is 11.8. The summed E-state index contributed by atoms with van der Waals surface area (Å²) in [5.74, 6) is 2.58. The van der Waals surface area contributed by atoms with Crippen molar-refractivity contribution < 1.29 is 9.90 Å². The second-order valence-corrected chi connectivity index (χ2v) is 9.98. The van der Waals surface area contributed by atoms with Crippen molar-refractivity contribution in [2.24, 2.45) is 0 Å². The van der Waals surface area contributed by atoms with Gasteiger partial charge in [0.15, 0.2) is 6.23 Å². The molecule has 198 valence electrons. The third-order valence-electron chi connectivity index (χ3n) is 7.58. The number of pyridine rings is 2. The van der Waals surface area contributed by atoms with Gasteiger partial charge in [-0.25, -0.2) is 0 Å². The van der Waals surface area contributed by atoms with Crippen LogP contribution in [0.25, 0.3) is 50.4 Å². The van der Waals surface area contributed by atoms with Gasteiger partial charge in [-0.15, -0.1) is 6.42 Å². The van der Waals surface area contributed by atoms with Crippen molar-refractivity contribution in [1.29, 1.82) is 0 Å². The molecule has 4 aromatic heterocycles. The van der Waals surface area contributed by atoms with E-state index in [0.29, 0.717) is 11.4 Å². The van der Waals surface area contributed by atoms with Crippen LogP contribution in [0.5, 0.6) is 0 Å². The van der Waals surface area contributed by atoms with E-state index in [-0.39, 0.29) is 5.91 Å². The van der Waals surface area contributed by atoms with E-state index in [0.717, 1.165) is 55.5 Å². The molecule has 1 aliphatic rings. The van der Waals surface area contributed by atoms with Crippen molar-refractivity contribution in [1.82, 2.24) is 19.1 Å². The fourth-order valence-electron chi connectivity index (χ4n) is 5.92. The van der Waals surface area contributed by atoms with Crippen LogP contribution in [0.3, 0.4) is 0 Å². The van der Waals surface area contributed by atoms with E-state index in [2.05, 4.69) is 34.5 Å². The Kier molecular flexibility index (Phi) is 5.60. The molecule has 7 heteroatoms. The van der Waals surface area contributed by atoms with E-state index in [1.807, 2.05) is 72.2 Å². The first-order chi connectivity index (χ1) is 20.0. The minimum absolute atomic E-state index is 0.300. The molecule has 1 amide bonds. The number of aromatic nitrogens is 4. The summed E-state index contributed by atoms with van der Waals surface area (Å²) in [5.41, 5.74) is 9.08. The zero-order chi connectivity index (χ0) is 28.2. The van der Waals surface area contributed by atoms with E-state index in [9.17, 15) is 9.90 Å². The number of amides is 1. The topological polar surface area (TPSA) is 76.2 Å². The van der Waals surface area contributed by atoms with Gasteiger partial charge in [-0.05, 0) is 74.0 Å². The van der Waals surface area contributed by atoms with Crippen molar-refractivity contribution in [3.8, 4) is 23.7 Å². The number of carbonyl (C=O) groups is 1. The van der Waals surface area contributed by atoms with Crippen molar-refractivity contribution >= 4 is 50.6 Å². The number of fused-ring (bicyclic) bond motifs is 4. The average molecular weight is 536 g/mol. The maximum Gasteiger partial charge on any atom is 0.253 e. The summed E-state index contributed by atoms with van der Waals surface area (Å²) >= 11 is 0. The zero-order valence-corrected chi connectivity index (χ0v) is 22.5. The average Bonchev–Trinajstić information content (AvgIpc) is 3.62. The lowest BCUT2D eigenvalue weighted by atomic mass is 10.1. The third-order valence-corrected chi connectivity index (χ3v) is 7.58. The normalized spacial score (nSPS) is 15.2. The summed E-state index contributed by atoms with van der Waals surface area (Å²) in [6.45, 7) is 4.02. The predicted molar refractivity (Wildman–Crippen MR) is 163 cm³/mol. The second kappa shape index (κ2) is 9.33. The lowest BCUT2D eigenvalue weighted by Crippen LogP contribution is -2.33. The largest absolute Gasteiger partial charge is 0.369 e. The van der Waals surface area contributed by atoms with E-state index < -0.39 is 6.23 Å². The molecular weight excluding hydrogens is 510 g/mol. The van der Waals surface area contributed by atoms with Crippen LogP contribution in [0.2, 0.25) is 0 Å². The molecule has 0 saturated heterocycles. The highest BCUT2D eigenvalue weighted by Crippen LogP contribution is 2.37. The van der Waals surface area contributed by atoms with Crippen molar-refractivity contribution in [2.45, 2.75) is 20.1 Å². The lowest BCUT2D eigenvalue weighted by Gasteiger charge is -2.23. The second-order valence-electron chi connectivity index (χ2n) is 9.98. The van der Waals surface area contributed by atoms with Gasteiger partial charge >= 0.3 is 0 Å². The van der Waals surface area contributed by atoms with Gasteiger partial charge in [-0.2, -0.15) is 0 Å². The molecular formula is C34H25N5O2. The van der Waals surface area contributed by atoms with Crippen LogP contribution >= 0.6 is 0 Å². The molecule has 0 radical (unpaired) electrons. The van der Waals surface area contributed by atoms with Gasteiger partial charge in [0.2, 0.25) is 0 Å². The number of hydrogen-bond donors (Lipinski definition) is 1. The molecule has 1 unspecified atom stereocenters. The van der Waals surface area contributed by atoms with E-state index >= 15 is 0 Å². The van der Waals surface area contributed by atoms with E-state index in [4.69, 9.17) is 11.4 Å². The molecule has 0 saturated carbocycles. The minimum atomic E-state index is -1.08. The maximum atomic E-state index is 12.9. The number of terminal acetylenes is 1. The number of aryl methyl sites for hydroxylation is 1. The van der Waals surface area contributed by atoms with Crippen LogP contribution in [0, 0.1) is 19.3 Å². The van der Waals surface area contributed by atoms with Crippen molar-refractivity contribution in [3.05, 3.63) is 108 Å². The van der Waals surface area contributed by atoms with E-state index in [1.165, 1.54) is 17.1 Å². The maximum absolute atomic E-state index is 12.9. The number of nitrogens with zero attached hydrogens (tertiary/aromatic N) is 5. The fraction of sp³-hybridized carbons (Fsp3) is 0.0882. The molecule has 1 aliphatic heterocycles. The Labute approximate surface area is 236 Å². The molecule has 0 bridgehead atoms. The standard InChI is InChI=1S/C34H25N5O2/c1-4-9-25-26(5-2)37(28-12-7-16-35-33(25)28)22-18-23(20-24(19-22)39-30(40)14-15-31(39)41)38-27-11-6-10-21(3)32(27)34-29(38)13-8-17-36-34/h2,4,6-20,30,40H,1,3H3/b9-4-. The summed E-state index contributed by atoms with van der Waals surface area (Å²) in [6, 6.07) is 19.8. The van der Waals surface area contributed by atoms with Crippen molar-refractivity contribution in [2.75, 3.05) is 4.90 Å². The quantitative estimate of drug-likeness (QED) is 0.279. The van der Waals surface area contributed by atoms with Crippen LogP contribution in [-0.2, 0) is 4.79 Å². The Balaban J connectivity index is 1.61.